The molecule has 10 heteroatoms. The number of hydrogen-bond acceptors (Lipinski definition) is 7. The summed E-state index contributed by atoms with van der Waals surface area (Å²) in [7, 11) is -2.08. The third kappa shape index (κ3) is 4.96. The van der Waals surface area contributed by atoms with E-state index in [1.54, 1.807) is 54.6 Å². The Morgan fingerprint density at radius 3 is 2.76 bits per heavy atom. The van der Waals surface area contributed by atoms with Crippen molar-refractivity contribution < 1.29 is 17.9 Å². The van der Waals surface area contributed by atoms with Gasteiger partial charge in [-0.3, -0.25) is 20.5 Å². The summed E-state index contributed by atoms with van der Waals surface area (Å²) in [5.74, 6) is 0.0174. The van der Waals surface area contributed by atoms with Crippen molar-refractivity contribution in [2.45, 2.75) is 23.9 Å². The molecule has 0 saturated carbocycles. The minimum atomic E-state index is -3.64. The molecule has 172 valence electrons. The van der Waals surface area contributed by atoms with Crippen LogP contribution in [0.2, 0.25) is 0 Å². The molecular weight excluding hydrogens is 442 g/mol. The summed E-state index contributed by atoms with van der Waals surface area (Å²) >= 11 is 0. The standard InChI is InChI=1S/C23H25N5O4S/c1-32-18-4-2-16-3-5-19(12-17(16)11-18)33(30,31)14-27-20-7-9-28(23(20)29)13-15-6-8-26-21(10-15)22(24)25/h2-6,8,10-12,20,27H,7,9,13-14H2,1H3,(H3,24,25). The van der Waals surface area contributed by atoms with Crippen LogP contribution in [0.5, 0.6) is 5.75 Å². The van der Waals surface area contributed by atoms with Crippen LogP contribution in [0.1, 0.15) is 17.7 Å². The van der Waals surface area contributed by atoms with E-state index in [0.29, 0.717) is 31.0 Å². The van der Waals surface area contributed by atoms with E-state index in [1.807, 2.05) is 12.1 Å². The van der Waals surface area contributed by atoms with Crippen molar-refractivity contribution >= 4 is 32.4 Å². The number of methoxy groups -OCH3 is 1. The number of sulfone groups is 1. The van der Waals surface area contributed by atoms with Gasteiger partial charge in [-0.15, -0.1) is 0 Å². The number of fused-ring (bicyclic) bond motifs is 1. The fourth-order valence-electron chi connectivity index (χ4n) is 3.84. The summed E-state index contributed by atoms with van der Waals surface area (Å²) in [5.41, 5.74) is 6.64. The highest BCUT2D eigenvalue weighted by molar-refractivity contribution is 7.91. The summed E-state index contributed by atoms with van der Waals surface area (Å²) in [6.07, 6.45) is 2.06. The van der Waals surface area contributed by atoms with Crippen LogP contribution in [-0.2, 0) is 21.2 Å². The van der Waals surface area contributed by atoms with Gasteiger partial charge in [0.25, 0.3) is 0 Å². The highest BCUT2D eigenvalue weighted by Crippen LogP contribution is 2.24. The van der Waals surface area contributed by atoms with Crippen molar-refractivity contribution in [2.75, 3.05) is 19.5 Å². The summed E-state index contributed by atoms with van der Waals surface area (Å²) in [5, 5.41) is 12.1. The largest absolute Gasteiger partial charge is 0.497 e. The number of benzene rings is 2. The lowest BCUT2D eigenvalue weighted by atomic mass is 10.1. The van der Waals surface area contributed by atoms with Crippen LogP contribution in [0.15, 0.2) is 59.6 Å². The highest BCUT2D eigenvalue weighted by Gasteiger charge is 2.32. The van der Waals surface area contributed by atoms with E-state index in [2.05, 4.69) is 10.3 Å². The number of hydrogen-bond donors (Lipinski definition) is 3. The molecule has 4 rings (SSSR count). The van der Waals surface area contributed by atoms with Crippen LogP contribution in [0, 0.1) is 5.41 Å². The molecule has 1 aliphatic heterocycles. The molecule has 0 bridgehead atoms. The monoisotopic (exact) mass is 467 g/mol. The minimum Gasteiger partial charge on any atom is -0.497 e. The lowest BCUT2D eigenvalue weighted by Gasteiger charge is -2.17. The number of amides is 1. The molecular formula is C23H25N5O4S. The molecule has 1 saturated heterocycles. The number of likely N-dealkylation sites (tertiary alicyclic amines) is 1. The Morgan fingerprint density at radius 2 is 2.00 bits per heavy atom. The molecule has 1 unspecified atom stereocenters. The maximum atomic E-state index is 12.9. The van der Waals surface area contributed by atoms with Crippen LogP contribution in [0.4, 0.5) is 0 Å². The fraction of sp³-hybridized carbons (Fsp3) is 0.261. The first-order valence-electron chi connectivity index (χ1n) is 10.4. The topological polar surface area (TPSA) is 138 Å². The number of nitrogens with two attached hydrogens (primary N) is 1. The lowest BCUT2D eigenvalue weighted by Crippen LogP contribution is -2.40. The Labute approximate surface area is 192 Å². The van der Waals surface area contributed by atoms with E-state index < -0.39 is 15.9 Å². The Morgan fingerprint density at radius 1 is 1.21 bits per heavy atom. The Balaban J connectivity index is 1.41. The van der Waals surface area contributed by atoms with Crippen molar-refractivity contribution in [3.8, 4) is 5.75 Å². The number of carbonyl (C=O) groups is 1. The van der Waals surface area contributed by atoms with Gasteiger partial charge in [-0.05, 0) is 59.2 Å². The maximum absolute atomic E-state index is 12.9. The molecule has 9 nitrogen and oxygen atoms in total. The van der Waals surface area contributed by atoms with Crippen molar-refractivity contribution in [1.82, 2.24) is 15.2 Å². The van der Waals surface area contributed by atoms with Crippen LogP contribution < -0.4 is 15.8 Å². The minimum absolute atomic E-state index is 0.138. The van der Waals surface area contributed by atoms with Gasteiger partial charge in [0.15, 0.2) is 9.84 Å². The van der Waals surface area contributed by atoms with Crippen molar-refractivity contribution in [3.63, 3.8) is 0 Å². The quantitative estimate of drug-likeness (QED) is 0.338. The second kappa shape index (κ2) is 9.16. The van der Waals surface area contributed by atoms with Gasteiger partial charge in [0.1, 0.15) is 23.2 Å². The van der Waals surface area contributed by atoms with Crippen molar-refractivity contribution in [1.29, 1.82) is 5.41 Å². The predicted octanol–water partition coefficient (Wildman–Crippen LogP) is 1.65. The maximum Gasteiger partial charge on any atom is 0.240 e. The molecule has 2 heterocycles. The van der Waals surface area contributed by atoms with Gasteiger partial charge in [0, 0.05) is 19.3 Å². The van der Waals surface area contributed by atoms with E-state index in [1.165, 1.54) is 0 Å². The predicted molar refractivity (Wildman–Crippen MR) is 125 cm³/mol. The average molecular weight is 468 g/mol. The number of rotatable bonds is 8. The van der Waals surface area contributed by atoms with Gasteiger partial charge in [-0.1, -0.05) is 12.1 Å². The first kappa shape index (κ1) is 22.7. The highest BCUT2D eigenvalue weighted by atomic mass is 32.2. The molecule has 0 spiro atoms. The third-order valence-corrected chi connectivity index (χ3v) is 7.19. The van der Waals surface area contributed by atoms with Crippen molar-refractivity contribution in [2.24, 2.45) is 5.73 Å². The normalized spacial score (nSPS) is 16.3. The molecule has 0 radical (unpaired) electrons. The van der Waals surface area contributed by atoms with Crippen LogP contribution in [-0.4, -0.2) is 55.6 Å². The van der Waals surface area contributed by atoms with Gasteiger partial charge >= 0.3 is 0 Å². The summed E-state index contributed by atoms with van der Waals surface area (Å²) in [6.45, 7) is 0.850. The molecule has 2 aromatic carbocycles. The number of nitrogens with zero attached hydrogens (tertiary/aromatic N) is 2. The van der Waals surface area contributed by atoms with E-state index in [0.717, 1.165) is 16.3 Å². The molecule has 4 N–H and O–H groups in total. The molecule has 0 aliphatic carbocycles. The molecule has 1 aliphatic rings. The molecule has 1 aromatic heterocycles. The van der Waals surface area contributed by atoms with E-state index in [-0.39, 0.29) is 22.5 Å². The van der Waals surface area contributed by atoms with Crippen LogP contribution in [0.25, 0.3) is 10.8 Å². The number of nitrogens with one attached hydrogen (secondary N) is 2. The van der Waals surface area contributed by atoms with Gasteiger partial charge in [-0.2, -0.15) is 0 Å². The zero-order chi connectivity index (χ0) is 23.6. The zero-order valence-electron chi connectivity index (χ0n) is 18.1. The number of carbonyl (C=O) groups excluding carboxylic acids is 1. The SMILES string of the molecule is COc1ccc2ccc(S(=O)(=O)CNC3CCN(Cc4ccnc(C(=N)N)c4)C3=O)cc2c1. The zero-order valence-corrected chi connectivity index (χ0v) is 18.9. The van der Waals surface area contributed by atoms with Crippen molar-refractivity contribution in [3.05, 3.63) is 66.0 Å². The van der Waals surface area contributed by atoms with E-state index in [4.69, 9.17) is 15.9 Å². The molecule has 1 amide bonds. The average Bonchev–Trinajstić information content (AvgIpc) is 3.16. The summed E-state index contributed by atoms with van der Waals surface area (Å²) in [6, 6.07) is 13.3. The van der Waals surface area contributed by atoms with E-state index >= 15 is 0 Å². The fourth-order valence-corrected chi connectivity index (χ4v) is 5.01. The number of nitrogen functional groups attached to an aromatic ring is 1. The molecule has 33 heavy (non-hydrogen) atoms. The summed E-state index contributed by atoms with van der Waals surface area (Å²) in [4.78, 5) is 18.7. The van der Waals surface area contributed by atoms with Crippen LogP contribution in [0.3, 0.4) is 0 Å². The molecule has 1 fully saturated rings. The lowest BCUT2D eigenvalue weighted by molar-refractivity contribution is -0.129. The second-order valence-corrected chi connectivity index (χ2v) is 9.89. The Bertz CT molecular complexity index is 1330. The third-order valence-electron chi connectivity index (χ3n) is 5.67. The van der Waals surface area contributed by atoms with E-state index in [9.17, 15) is 13.2 Å². The Hall–Kier alpha value is -3.50. The first-order chi connectivity index (χ1) is 15.8. The van der Waals surface area contributed by atoms with Crippen LogP contribution >= 0.6 is 0 Å². The first-order valence-corrected chi connectivity index (χ1v) is 12.0. The second-order valence-electron chi connectivity index (χ2n) is 7.90. The van der Waals surface area contributed by atoms with Gasteiger partial charge in [0.05, 0.1) is 18.0 Å². The van der Waals surface area contributed by atoms with Gasteiger partial charge < -0.3 is 15.4 Å². The molecule has 3 aromatic rings. The number of amidine groups is 1. The number of ether oxygens (including phenoxy) is 1. The number of pyridine rings is 1. The smallest absolute Gasteiger partial charge is 0.240 e. The summed E-state index contributed by atoms with van der Waals surface area (Å²) < 4.78 is 31.0. The Kier molecular flexibility index (Phi) is 6.30. The number of aromatic nitrogens is 1. The van der Waals surface area contributed by atoms with Gasteiger partial charge in [0.2, 0.25) is 5.91 Å². The van der Waals surface area contributed by atoms with Gasteiger partial charge in [-0.25, -0.2) is 8.42 Å². The molecule has 1 atom stereocenters.